The van der Waals surface area contributed by atoms with Crippen LogP contribution < -0.4 is 0 Å². The lowest BCUT2D eigenvalue weighted by atomic mass is 10.1. The Labute approximate surface area is 117 Å². The molecular weight excluding hydrogens is 232 g/mol. The van der Waals surface area contributed by atoms with Gasteiger partial charge in [0, 0.05) is 31.9 Å². The normalized spacial score (nSPS) is 17.1. The number of likely N-dealkylation sites (N-methyl/N-ethyl adjacent to an activating group) is 1. The number of hydrogen-bond acceptors (Lipinski definition) is 2. The highest BCUT2D eigenvalue weighted by Gasteiger charge is 2.13. The minimum Gasteiger partial charge on any atom is -0.369 e. The fraction of sp³-hybridized carbons (Fsp3) is 0.412. The lowest BCUT2D eigenvalue weighted by Gasteiger charge is -2.34. The largest absolute Gasteiger partial charge is 0.369 e. The fourth-order valence-corrected chi connectivity index (χ4v) is 2.26. The molecule has 1 heterocycles. The first-order chi connectivity index (χ1) is 9.19. The quantitative estimate of drug-likeness (QED) is 0.764. The van der Waals surface area contributed by atoms with Crippen molar-refractivity contribution in [3.63, 3.8) is 0 Å². The second kappa shape index (κ2) is 6.58. The predicted octanol–water partition coefficient (Wildman–Crippen LogP) is 3.02. The van der Waals surface area contributed by atoms with Crippen LogP contribution in [0.5, 0.6) is 0 Å². The molecule has 2 heteroatoms. The maximum Gasteiger partial charge on any atom is 0.0306 e. The highest BCUT2D eigenvalue weighted by atomic mass is 15.2. The zero-order chi connectivity index (χ0) is 13.7. The van der Waals surface area contributed by atoms with E-state index in [2.05, 4.69) is 66.8 Å². The Kier molecular flexibility index (Phi) is 4.80. The van der Waals surface area contributed by atoms with Gasteiger partial charge in [-0.1, -0.05) is 43.8 Å². The number of piperazine rings is 1. The molecule has 0 bridgehead atoms. The molecular formula is C17H24N2. The van der Waals surface area contributed by atoms with Crippen LogP contribution in [0.2, 0.25) is 0 Å². The molecule has 2 rings (SSSR count). The Morgan fingerprint density at radius 3 is 2.37 bits per heavy atom. The summed E-state index contributed by atoms with van der Waals surface area (Å²) in [4.78, 5) is 4.72. The second-order valence-corrected chi connectivity index (χ2v) is 5.21. The maximum absolute atomic E-state index is 4.17. The van der Waals surface area contributed by atoms with E-state index in [9.17, 15) is 0 Å². The van der Waals surface area contributed by atoms with E-state index in [1.54, 1.807) is 0 Å². The van der Waals surface area contributed by atoms with Crippen molar-refractivity contribution >= 4 is 6.08 Å². The highest BCUT2D eigenvalue weighted by molar-refractivity contribution is 5.52. The lowest BCUT2D eigenvalue weighted by Crippen LogP contribution is -2.43. The van der Waals surface area contributed by atoms with Gasteiger partial charge in [-0.2, -0.15) is 0 Å². The number of aryl methyl sites for hydroxylation is 1. The van der Waals surface area contributed by atoms with Crippen LogP contribution in [-0.4, -0.2) is 43.0 Å². The van der Waals surface area contributed by atoms with Gasteiger partial charge in [0.25, 0.3) is 0 Å². The van der Waals surface area contributed by atoms with E-state index in [1.807, 2.05) is 0 Å². The van der Waals surface area contributed by atoms with Crippen molar-refractivity contribution in [2.24, 2.45) is 0 Å². The fourth-order valence-electron chi connectivity index (χ4n) is 2.26. The van der Waals surface area contributed by atoms with Crippen LogP contribution in [0.1, 0.15) is 18.1 Å². The molecule has 1 aromatic rings. The zero-order valence-corrected chi connectivity index (χ0v) is 12.1. The molecule has 0 saturated carbocycles. The van der Waals surface area contributed by atoms with Crippen molar-refractivity contribution in [2.75, 3.05) is 33.2 Å². The van der Waals surface area contributed by atoms with Crippen molar-refractivity contribution in [1.29, 1.82) is 0 Å². The van der Waals surface area contributed by atoms with Gasteiger partial charge in [-0.3, -0.25) is 0 Å². The molecule has 2 nitrogen and oxygen atoms in total. The van der Waals surface area contributed by atoms with E-state index in [0.717, 1.165) is 38.3 Å². The summed E-state index contributed by atoms with van der Waals surface area (Å²) in [5.74, 6) is 0. The Bertz CT molecular complexity index is 437. The molecule has 0 spiro atoms. The molecule has 102 valence electrons. The Morgan fingerprint density at radius 2 is 1.79 bits per heavy atom. The molecule has 1 aliphatic heterocycles. The van der Waals surface area contributed by atoms with E-state index in [0.29, 0.717) is 0 Å². The van der Waals surface area contributed by atoms with E-state index < -0.39 is 0 Å². The van der Waals surface area contributed by atoms with Crippen molar-refractivity contribution in [2.45, 2.75) is 13.3 Å². The molecule has 0 unspecified atom stereocenters. The van der Waals surface area contributed by atoms with Gasteiger partial charge in [-0.15, -0.1) is 0 Å². The molecule has 1 fully saturated rings. The van der Waals surface area contributed by atoms with Crippen LogP contribution in [0.4, 0.5) is 0 Å². The van der Waals surface area contributed by atoms with Crippen LogP contribution in [0.3, 0.4) is 0 Å². The van der Waals surface area contributed by atoms with Crippen LogP contribution in [-0.2, 0) is 6.42 Å². The molecule has 0 aliphatic carbocycles. The third-order valence-electron chi connectivity index (χ3n) is 3.77. The lowest BCUT2D eigenvalue weighted by molar-refractivity contribution is 0.191. The van der Waals surface area contributed by atoms with Gasteiger partial charge < -0.3 is 9.80 Å². The number of allylic oxidation sites excluding steroid dienone is 1. The van der Waals surface area contributed by atoms with Gasteiger partial charge in [-0.25, -0.2) is 0 Å². The summed E-state index contributed by atoms with van der Waals surface area (Å²) in [6.45, 7) is 10.8. The summed E-state index contributed by atoms with van der Waals surface area (Å²) in [7, 11) is 2.17. The molecule has 1 saturated heterocycles. The first-order valence-electron chi connectivity index (χ1n) is 7.08. The first-order valence-corrected chi connectivity index (χ1v) is 7.08. The summed E-state index contributed by atoms with van der Waals surface area (Å²) in [5.41, 5.74) is 3.75. The summed E-state index contributed by atoms with van der Waals surface area (Å²) >= 11 is 0. The van der Waals surface area contributed by atoms with Crippen LogP contribution in [0, 0.1) is 0 Å². The van der Waals surface area contributed by atoms with E-state index >= 15 is 0 Å². The molecule has 1 aliphatic rings. The average Bonchev–Trinajstić information content (AvgIpc) is 2.46. The number of rotatable bonds is 4. The van der Waals surface area contributed by atoms with Gasteiger partial charge in [0.15, 0.2) is 0 Å². The van der Waals surface area contributed by atoms with Crippen LogP contribution in [0.15, 0.2) is 42.6 Å². The minimum atomic E-state index is 1.08. The summed E-state index contributed by atoms with van der Waals surface area (Å²) in [5, 5.41) is 0. The number of hydrogen-bond donors (Lipinski definition) is 0. The Balaban J connectivity index is 1.92. The SMILES string of the molecule is C=C(/C=C/c1ccc(CC)cc1)N1CCN(C)CC1. The molecule has 1 aromatic carbocycles. The van der Waals surface area contributed by atoms with Crippen molar-refractivity contribution < 1.29 is 0 Å². The van der Waals surface area contributed by atoms with Crippen molar-refractivity contribution in [1.82, 2.24) is 9.80 Å². The molecule has 0 N–H and O–H groups in total. The zero-order valence-electron chi connectivity index (χ0n) is 12.1. The Hall–Kier alpha value is -1.54. The molecule has 0 atom stereocenters. The number of nitrogens with zero attached hydrogens (tertiary/aromatic N) is 2. The summed E-state index contributed by atoms with van der Waals surface area (Å²) < 4.78 is 0. The topological polar surface area (TPSA) is 6.48 Å². The second-order valence-electron chi connectivity index (χ2n) is 5.21. The molecule has 0 radical (unpaired) electrons. The minimum absolute atomic E-state index is 1.08. The monoisotopic (exact) mass is 256 g/mol. The molecule has 0 aromatic heterocycles. The van der Waals surface area contributed by atoms with Gasteiger partial charge in [-0.05, 0) is 30.7 Å². The summed E-state index contributed by atoms with van der Waals surface area (Å²) in [6.07, 6.45) is 5.38. The van der Waals surface area contributed by atoms with E-state index in [1.165, 1.54) is 11.1 Å². The van der Waals surface area contributed by atoms with Crippen LogP contribution >= 0.6 is 0 Å². The van der Waals surface area contributed by atoms with Crippen molar-refractivity contribution in [3.05, 3.63) is 53.7 Å². The van der Waals surface area contributed by atoms with Gasteiger partial charge in [0.2, 0.25) is 0 Å². The van der Waals surface area contributed by atoms with E-state index in [-0.39, 0.29) is 0 Å². The average molecular weight is 256 g/mol. The third kappa shape index (κ3) is 3.97. The van der Waals surface area contributed by atoms with Gasteiger partial charge in [0.05, 0.1) is 0 Å². The smallest absolute Gasteiger partial charge is 0.0306 e. The molecule has 0 amide bonds. The van der Waals surface area contributed by atoms with Crippen molar-refractivity contribution in [3.8, 4) is 0 Å². The van der Waals surface area contributed by atoms with Gasteiger partial charge in [0.1, 0.15) is 0 Å². The maximum atomic E-state index is 4.17. The highest BCUT2D eigenvalue weighted by Crippen LogP contribution is 2.12. The standard InChI is InChI=1S/C17H24N2/c1-4-16-7-9-17(10-8-16)6-5-15(2)19-13-11-18(3)12-14-19/h5-10H,2,4,11-14H2,1,3H3/b6-5+. The van der Waals surface area contributed by atoms with E-state index in [4.69, 9.17) is 0 Å². The van der Waals surface area contributed by atoms with Crippen LogP contribution in [0.25, 0.3) is 6.08 Å². The summed E-state index contributed by atoms with van der Waals surface area (Å²) in [6, 6.07) is 8.73. The first kappa shape index (κ1) is 13.9. The third-order valence-corrected chi connectivity index (χ3v) is 3.77. The van der Waals surface area contributed by atoms with Gasteiger partial charge >= 0.3 is 0 Å². The Morgan fingerprint density at radius 1 is 1.16 bits per heavy atom. The number of benzene rings is 1. The predicted molar refractivity (Wildman–Crippen MR) is 83.1 cm³/mol. The molecule has 19 heavy (non-hydrogen) atoms.